The van der Waals surface area contributed by atoms with Gasteiger partial charge in [-0.05, 0) is 61.4 Å². The van der Waals surface area contributed by atoms with Crippen molar-refractivity contribution in [3.05, 3.63) is 59.7 Å². The molecule has 4 amide bonds. The van der Waals surface area contributed by atoms with Gasteiger partial charge in [-0.2, -0.15) is 0 Å². The smallest absolute Gasteiger partial charge is 0.321 e. The van der Waals surface area contributed by atoms with Crippen LogP contribution in [0.3, 0.4) is 0 Å². The Hall–Kier alpha value is -4.08. The van der Waals surface area contributed by atoms with E-state index in [1.807, 2.05) is 48.5 Å². The van der Waals surface area contributed by atoms with Crippen molar-refractivity contribution in [1.82, 2.24) is 20.4 Å². The first-order valence-corrected chi connectivity index (χ1v) is 12.5. The summed E-state index contributed by atoms with van der Waals surface area (Å²) in [5.41, 5.74) is 3.50. The number of amides is 4. The molecule has 10 heteroatoms. The molecule has 3 heterocycles. The molecule has 0 aromatic heterocycles. The van der Waals surface area contributed by atoms with Gasteiger partial charge in [-0.3, -0.25) is 9.98 Å². The highest BCUT2D eigenvalue weighted by molar-refractivity contribution is 6.00. The van der Waals surface area contributed by atoms with E-state index in [2.05, 4.69) is 31.3 Å². The number of carbonyl (C=O) groups excluding carboxylic acids is 2. The van der Waals surface area contributed by atoms with Crippen LogP contribution in [0.4, 0.5) is 21.0 Å². The second-order valence-corrected chi connectivity index (χ2v) is 9.01. The molecule has 4 N–H and O–H groups in total. The monoisotopic (exact) mass is 488 g/mol. The molecule has 0 spiro atoms. The summed E-state index contributed by atoms with van der Waals surface area (Å²) in [6.07, 6.45) is 2.10. The SMILES string of the molecule is O=C(Nc1ccc(C2=NCCCN2)cc1)N1CCN(C(=O)Nc2ccc(C3=NCCCN3)cc2)CC1. The minimum atomic E-state index is -0.161. The molecule has 10 nitrogen and oxygen atoms in total. The van der Waals surface area contributed by atoms with Gasteiger partial charge in [-0.25, -0.2) is 9.59 Å². The molecule has 1 fully saturated rings. The number of carbonyl (C=O) groups is 2. The number of aliphatic imine (C=N–C) groups is 2. The molecule has 0 saturated carbocycles. The molecule has 3 aliphatic heterocycles. The van der Waals surface area contributed by atoms with Gasteiger partial charge in [0.1, 0.15) is 11.7 Å². The third-order valence-corrected chi connectivity index (χ3v) is 6.47. The van der Waals surface area contributed by atoms with Crippen molar-refractivity contribution in [2.24, 2.45) is 9.98 Å². The molecular formula is C26H32N8O2. The van der Waals surface area contributed by atoms with Crippen molar-refractivity contribution < 1.29 is 9.59 Å². The highest BCUT2D eigenvalue weighted by Gasteiger charge is 2.24. The second-order valence-electron chi connectivity index (χ2n) is 9.01. The molecular weight excluding hydrogens is 456 g/mol. The number of piperazine rings is 1. The van der Waals surface area contributed by atoms with E-state index in [4.69, 9.17) is 0 Å². The Morgan fingerprint density at radius 2 is 1.03 bits per heavy atom. The normalized spacial score (nSPS) is 17.8. The fraction of sp³-hybridized carbons (Fsp3) is 0.385. The third-order valence-electron chi connectivity index (χ3n) is 6.47. The van der Waals surface area contributed by atoms with E-state index in [-0.39, 0.29) is 12.1 Å². The van der Waals surface area contributed by atoms with Crippen molar-refractivity contribution in [2.45, 2.75) is 12.8 Å². The first-order chi connectivity index (χ1) is 17.7. The average Bonchev–Trinajstić information content (AvgIpc) is 2.95. The standard InChI is InChI=1S/C26H32N8O2/c35-25(31-21-7-3-19(4-8-21)23-27-11-1-12-28-23)33-15-17-34(18-16-33)26(36)32-22-9-5-20(6-10-22)24-29-13-2-14-30-24/h3-10H,1-2,11-18H2,(H,27,28)(H,29,30)(H,31,35)(H,32,36). The number of amidine groups is 2. The van der Waals surface area contributed by atoms with Gasteiger partial charge >= 0.3 is 12.1 Å². The molecule has 188 valence electrons. The molecule has 0 radical (unpaired) electrons. The maximum absolute atomic E-state index is 12.7. The predicted molar refractivity (Wildman–Crippen MR) is 142 cm³/mol. The van der Waals surface area contributed by atoms with Crippen LogP contribution in [-0.2, 0) is 0 Å². The van der Waals surface area contributed by atoms with E-state index in [0.29, 0.717) is 26.2 Å². The Labute approximate surface area is 210 Å². The number of hydrogen-bond donors (Lipinski definition) is 4. The number of benzene rings is 2. The van der Waals surface area contributed by atoms with Crippen molar-refractivity contribution in [1.29, 1.82) is 0 Å². The van der Waals surface area contributed by atoms with Crippen molar-refractivity contribution >= 4 is 35.1 Å². The van der Waals surface area contributed by atoms with Gasteiger partial charge in [0.25, 0.3) is 0 Å². The van der Waals surface area contributed by atoms with Gasteiger partial charge in [0.15, 0.2) is 0 Å². The number of nitrogens with zero attached hydrogens (tertiary/aromatic N) is 4. The van der Waals surface area contributed by atoms with Crippen molar-refractivity contribution in [2.75, 3.05) is 63.0 Å². The second kappa shape index (κ2) is 11.1. The summed E-state index contributed by atoms with van der Waals surface area (Å²) in [5, 5.41) is 12.5. The van der Waals surface area contributed by atoms with Gasteiger partial charge < -0.3 is 31.1 Å². The van der Waals surface area contributed by atoms with E-state index in [0.717, 1.165) is 73.2 Å². The quantitative estimate of drug-likeness (QED) is 0.530. The lowest BCUT2D eigenvalue weighted by Crippen LogP contribution is -2.52. The molecule has 3 aliphatic rings. The van der Waals surface area contributed by atoms with Crippen LogP contribution in [-0.4, -0.2) is 85.9 Å². The number of rotatable bonds is 4. The molecule has 2 aromatic carbocycles. The maximum atomic E-state index is 12.7. The van der Waals surface area contributed by atoms with E-state index in [9.17, 15) is 9.59 Å². The van der Waals surface area contributed by atoms with Gasteiger partial charge in [0.2, 0.25) is 0 Å². The number of urea groups is 2. The highest BCUT2D eigenvalue weighted by atomic mass is 16.2. The fourth-order valence-electron chi connectivity index (χ4n) is 4.39. The van der Waals surface area contributed by atoms with Crippen molar-refractivity contribution in [3.63, 3.8) is 0 Å². The van der Waals surface area contributed by atoms with Crippen LogP contribution in [0.2, 0.25) is 0 Å². The lowest BCUT2D eigenvalue weighted by Gasteiger charge is -2.34. The molecule has 36 heavy (non-hydrogen) atoms. The van der Waals surface area contributed by atoms with Crippen LogP contribution >= 0.6 is 0 Å². The first kappa shape index (κ1) is 23.7. The average molecular weight is 489 g/mol. The van der Waals surface area contributed by atoms with Crippen LogP contribution in [0.1, 0.15) is 24.0 Å². The van der Waals surface area contributed by atoms with Gasteiger partial charge in [0, 0.05) is 74.9 Å². The zero-order valence-corrected chi connectivity index (χ0v) is 20.3. The van der Waals surface area contributed by atoms with E-state index in [1.54, 1.807) is 9.80 Å². The van der Waals surface area contributed by atoms with Crippen LogP contribution in [0, 0.1) is 0 Å². The Bertz CT molecular complexity index is 1040. The molecule has 1 saturated heterocycles. The van der Waals surface area contributed by atoms with Crippen LogP contribution < -0.4 is 21.3 Å². The number of anilines is 2. The molecule has 5 rings (SSSR count). The zero-order chi connectivity index (χ0) is 24.7. The minimum absolute atomic E-state index is 0.161. The summed E-state index contributed by atoms with van der Waals surface area (Å²) >= 11 is 0. The van der Waals surface area contributed by atoms with Gasteiger partial charge in [0.05, 0.1) is 0 Å². The van der Waals surface area contributed by atoms with Crippen LogP contribution in [0.5, 0.6) is 0 Å². The number of hydrogen-bond acceptors (Lipinski definition) is 6. The highest BCUT2D eigenvalue weighted by Crippen LogP contribution is 2.15. The largest absolute Gasteiger partial charge is 0.370 e. The number of nitrogens with one attached hydrogen (secondary N) is 4. The Kier molecular flexibility index (Phi) is 7.30. The van der Waals surface area contributed by atoms with Crippen LogP contribution in [0.15, 0.2) is 58.5 Å². The Morgan fingerprint density at radius 3 is 1.36 bits per heavy atom. The summed E-state index contributed by atoms with van der Waals surface area (Å²) in [4.78, 5) is 37.9. The summed E-state index contributed by atoms with van der Waals surface area (Å²) < 4.78 is 0. The third kappa shape index (κ3) is 5.76. The van der Waals surface area contributed by atoms with Gasteiger partial charge in [-0.15, -0.1) is 0 Å². The summed E-state index contributed by atoms with van der Waals surface area (Å²) in [7, 11) is 0. The lowest BCUT2D eigenvalue weighted by molar-refractivity contribution is 0.156. The summed E-state index contributed by atoms with van der Waals surface area (Å²) in [6.45, 7) is 5.44. The van der Waals surface area contributed by atoms with E-state index >= 15 is 0 Å². The molecule has 0 atom stereocenters. The molecule has 0 aliphatic carbocycles. The Morgan fingerprint density at radius 1 is 0.639 bits per heavy atom. The molecule has 0 unspecified atom stereocenters. The zero-order valence-electron chi connectivity index (χ0n) is 20.3. The summed E-state index contributed by atoms with van der Waals surface area (Å²) in [6, 6.07) is 15.1. The first-order valence-electron chi connectivity index (χ1n) is 12.5. The Balaban J connectivity index is 1.08. The van der Waals surface area contributed by atoms with Crippen LogP contribution in [0.25, 0.3) is 0 Å². The predicted octanol–water partition coefficient (Wildman–Crippen LogP) is 2.55. The summed E-state index contributed by atoms with van der Waals surface area (Å²) in [5.74, 6) is 1.81. The lowest BCUT2D eigenvalue weighted by atomic mass is 10.1. The fourth-order valence-corrected chi connectivity index (χ4v) is 4.39. The maximum Gasteiger partial charge on any atom is 0.321 e. The topological polar surface area (TPSA) is 113 Å². The molecule has 2 aromatic rings. The van der Waals surface area contributed by atoms with E-state index < -0.39 is 0 Å². The van der Waals surface area contributed by atoms with Gasteiger partial charge in [-0.1, -0.05) is 0 Å². The van der Waals surface area contributed by atoms with Crippen molar-refractivity contribution in [3.8, 4) is 0 Å². The molecule has 0 bridgehead atoms. The minimum Gasteiger partial charge on any atom is -0.370 e. The van der Waals surface area contributed by atoms with E-state index in [1.165, 1.54) is 0 Å².